The van der Waals surface area contributed by atoms with Crippen LogP contribution in [0.25, 0.3) is 0 Å². The third kappa shape index (κ3) is 6.80. The minimum absolute atomic E-state index is 0.0875. The van der Waals surface area contributed by atoms with Crippen molar-refractivity contribution in [2.75, 3.05) is 41.1 Å². The maximum atomic E-state index is 5.89. The van der Waals surface area contributed by atoms with E-state index in [0.717, 1.165) is 36.6 Å². The Bertz CT molecular complexity index is 398. The van der Waals surface area contributed by atoms with Crippen molar-refractivity contribution in [1.29, 1.82) is 0 Å². The molecular weight excluding hydrogens is 270 g/mol. The molecule has 5 heteroatoms. The van der Waals surface area contributed by atoms with Gasteiger partial charge in [0.2, 0.25) is 0 Å². The number of benzene rings is 1. The average molecular weight is 297 g/mol. The maximum absolute atomic E-state index is 5.89. The largest absolute Gasteiger partial charge is 0.493 e. The molecule has 0 aliphatic heterocycles. The van der Waals surface area contributed by atoms with Crippen molar-refractivity contribution in [3.8, 4) is 11.5 Å². The number of rotatable bonds is 11. The van der Waals surface area contributed by atoms with Crippen LogP contribution in [0, 0.1) is 0 Å². The smallest absolute Gasteiger partial charge is 0.161 e. The van der Waals surface area contributed by atoms with E-state index in [1.807, 2.05) is 25.1 Å². The van der Waals surface area contributed by atoms with E-state index in [2.05, 4.69) is 5.32 Å². The second kappa shape index (κ2) is 10.4. The van der Waals surface area contributed by atoms with E-state index in [1.165, 1.54) is 0 Å². The van der Waals surface area contributed by atoms with Gasteiger partial charge >= 0.3 is 0 Å². The quantitative estimate of drug-likeness (QED) is 0.635. The number of hydrogen-bond acceptors (Lipinski definition) is 5. The lowest BCUT2D eigenvalue weighted by Crippen LogP contribution is -2.18. The van der Waals surface area contributed by atoms with E-state index in [0.29, 0.717) is 13.2 Å². The lowest BCUT2D eigenvalue weighted by Gasteiger charge is -2.17. The molecule has 21 heavy (non-hydrogen) atoms. The van der Waals surface area contributed by atoms with Crippen LogP contribution < -0.4 is 14.8 Å². The first-order valence-electron chi connectivity index (χ1n) is 7.23. The Morgan fingerprint density at radius 3 is 2.48 bits per heavy atom. The average Bonchev–Trinajstić information content (AvgIpc) is 2.50. The Hall–Kier alpha value is -1.30. The molecule has 5 nitrogen and oxygen atoms in total. The van der Waals surface area contributed by atoms with Crippen LogP contribution in [-0.4, -0.2) is 47.2 Å². The maximum Gasteiger partial charge on any atom is 0.161 e. The summed E-state index contributed by atoms with van der Waals surface area (Å²) in [6.07, 6.45) is 0.935. The topological polar surface area (TPSA) is 49.0 Å². The van der Waals surface area contributed by atoms with E-state index >= 15 is 0 Å². The van der Waals surface area contributed by atoms with Gasteiger partial charge in [-0.05, 0) is 24.6 Å². The van der Waals surface area contributed by atoms with Gasteiger partial charge in [0.25, 0.3) is 0 Å². The van der Waals surface area contributed by atoms with Gasteiger partial charge in [-0.15, -0.1) is 0 Å². The van der Waals surface area contributed by atoms with Gasteiger partial charge in [-0.2, -0.15) is 0 Å². The van der Waals surface area contributed by atoms with E-state index in [1.54, 1.807) is 21.3 Å². The van der Waals surface area contributed by atoms with Crippen molar-refractivity contribution in [2.24, 2.45) is 0 Å². The lowest BCUT2D eigenvalue weighted by molar-refractivity contribution is 0.132. The third-order valence-corrected chi connectivity index (χ3v) is 3.10. The summed E-state index contributed by atoms with van der Waals surface area (Å²) in [6, 6.07) is 5.99. The van der Waals surface area contributed by atoms with Crippen LogP contribution in [0.2, 0.25) is 0 Å². The van der Waals surface area contributed by atoms with Gasteiger partial charge < -0.3 is 24.3 Å². The van der Waals surface area contributed by atoms with E-state index in [4.69, 9.17) is 18.9 Å². The molecule has 120 valence electrons. The molecule has 1 aromatic carbocycles. The van der Waals surface area contributed by atoms with Crippen molar-refractivity contribution in [3.05, 3.63) is 23.8 Å². The lowest BCUT2D eigenvalue weighted by atomic mass is 10.2. The summed E-state index contributed by atoms with van der Waals surface area (Å²) in [5, 5.41) is 3.30. The van der Waals surface area contributed by atoms with Crippen LogP contribution in [0.1, 0.15) is 18.9 Å². The van der Waals surface area contributed by atoms with Crippen LogP contribution in [0.5, 0.6) is 11.5 Å². The van der Waals surface area contributed by atoms with Gasteiger partial charge in [0.05, 0.1) is 19.8 Å². The molecule has 0 amide bonds. The van der Waals surface area contributed by atoms with Gasteiger partial charge in [-0.3, -0.25) is 0 Å². The van der Waals surface area contributed by atoms with Crippen LogP contribution in [0.15, 0.2) is 18.2 Å². The standard InChI is InChI=1S/C16H27NO4/c1-13(7-9-18-2)21-15-6-5-14(11-16(15)20-4)12-17-8-10-19-3/h5-6,11,13,17H,7-10,12H2,1-4H3. The summed E-state index contributed by atoms with van der Waals surface area (Å²) >= 11 is 0. The summed E-state index contributed by atoms with van der Waals surface area (Å²) in [7, 11) is 5.05. The fourth-order valence-corrected chi connectivity index (χ4v) is 1.89. The molecule has 0 bridgehead atoms. The van der Waals surface area contributed by atoms with Crippen LogP contribution in [-0.2, 0) is 16.0 Å². The molecule has 0 spiro atoms. The Morgan fingerprint density at radius 2 is 1.81 bits per heavy atom. The molecule has 1 N–H and O–H groups in total. The molecule has 0 saturated heterocycles. The van der Waals surface area contributed by atoms with E-state index in [-0.39, 0.29) is 6.10 Å². The van der Waals surface area contributed by atoms with E-state index in [9.17, 15) is 0 Å². The summed E-state index contributed by atoms with van der Waals surface area (Å²) < 4.78 is 21.4. The van der Waals surface area contributed by atoms with Crippen molar-refractivity contribution >= 4 is 0 Å². The van der Waals surface area contributed by atoms with Gasteiger partial charge in [0.1, 0.15) is 0 Å². The highest BCUT2D eigenvalue weighted by Crippen LogP contribution is 2.29. The summed E-state index contributed by atoms with van der Waals surface area (Å²) in [6.45, 7) is 5.02. The zero-order valence-corrected chi connectivity index (χ0v) is 13.5. The van der Waals surface area contributed by atoms with E-state index < -0.39 is 0 Å². The van der Waals surface area contributed by atoms with Gasteiger partial charge in [-0.1, -0.05) is 6.07 Å². The first-order valence-corrected chi connectivity index (χ1v) is 7.23. The Balaban J connectivity index is 2.57. The zero-order valence-electron chi connectivity index (χ0n) is 13.5. The molecule has 0 saturated carbocycles. The Morgan fingerprint density at radius 1 is 1.05 bits per heavy atom. The summed E-state index contributed by atoms with van der Waals surface area (Å²) in [4.78, 5) is 0. The second-order valence-electron chi connectivity index (χ2n) is 4.86. The molecule has 0 aromatic heterocycles. The molecule has 1 aromatic rings. The normalized spacial score (nSPS) is 12.2. The minimum atomic E-state index is 0.0875. The first kappa shape index (κ1) is 17.8. The predicted octanol–water partition coefficient (Wildman–Crippen LogP) is 2.23. The fraction of sp³-hybridized carbons (Fsp3) is 0.625. The monoisotopic (exact) mass is 297 g/mol. The summed E-state index contributed by atoms with van der Waals surface area (Å²) in [5.74, 6) is 1.52. The molecule has 0 aliphatic carbocycles. The predicted molar refractivity (Wildman–Crippen MR) is 83.2 cm³/mol. The van der Waals surface area contributed by atoms with Crippen molar-refractivity contribution in [1.82, 2.24) is 5.32 Å². The van der Waals surface area contributed by atoms with Gasteiger partial charge in [0.15, 0.2) is 11.5 Å². The number of ether oxygens (including phenoxy) is 4. The highest BCUT2D eigenvalue weighted by molar-refractivity contribution is 5.43. The van der Waals surface area contributed by atoms with Crippen molar-refractivity contribution < 1.29 is 18.9 Å². The fourth-order valence-electron chi connectivity index (χ4n) is 1.89. The third-order valence-electron chi connectivity index (χ3n) is 3.10. The zero-order chi connectivity index (χ0) is 15.5. The molecule has 1 rings (SSSR count). The Labute approximate surface area is 127 Å². The molecule has 1 unspecified atom stereocenters. The number of methoxy groups -OCH3 is 3. The van der Waals surface area contributed by atoms with Crippen molar-refractivity contribution in [3.63, 3.8) is 0 Å². The summed E-state index contributed by atoms with van der Waals surface area (Å²) in [5.41, 5.74) is 1.15. The molecule has 0 heterocycles. The van der Waals surface area contributed by atoms with Crippen LogP contribution >= 0.6 is 0 Å². The van der Waals surface area contributed by atoms with Crippen LogP contribution in [0.3, 0.4) is 0 Å². The molecule has 0 aliphatic rings. The van der Waals surface area contributed by atoms with Crippen molar-refractivity contribution in [2.45, 2.75) is 26.0 Å². The van der Waals surface area contributed by atoms with Gasteiger partial charge in [-0.25, -0.2) is 0 Å². The minimum Gasteiger partial charge on any atom is -0.493 e. The molecule has 0 radical (unpaired) electrons. The molecular formula is C16H27NO4. The SMILES string of the molecule is COCCNCc1ccc(OC(C)CCOC)c(OC)c1. The van der Waals surface area contributed by atoms with Crippen LogP contribution in [0.4, 0.5) is 0 Å². The molecule has 1 atom stereocenters. The Kier molecular flexibility index (Phi) is 8.82. The number of nitrogens with one attached hydrogen (secondary N) is 1. The second-order valence-corrected chi connectivity index (χ2v) is 4.86. The van der Waals surface area contributed by atoms with Gasteiger partial charge in [0, 0.05) is 40.3 Å². The highest BCUT2D eigenvalue weighted by Gasteiger charge is 2.10. The number of hydrogen-bond donors (Lipinski definition) is 1. The first-order chi connectivity index (χ1) is 10.2. The molecule has 0 fully saturated rings. The highest BCUT2D eigenvalue weighted by atomic mass is 16.5.